The summed E-state index contributed by atoms with van der Waals surface area (Å²) < 4.78 is 0. The van der Waals surface area contributed by atoms with Crippen molar-refractivity contribution in [3.63, 3.8) is 0 Å². The Hall–Kier alpha value is 0. The summed E-state index contributed by atoms with van der Waals surface area (Å²) in [7, 11) is 0. The first-order chi connectivity index (χ1) is 10.7. The molecule has 0 aromatic heterocycles. The summed E-state index contributed by atoms with van der Waals surface area (Å²) in [6, 6.07) is 0. The van der Waals surface area contributed by atoms with Crippen LogP contribution in [0.3, 0.4) is 0 Å². The van der Waals surface area contributed by atoms with Gasteiger partial charge in [-0.3, -0.25) is 0 Å². The Morgan fingerprint density at radius 2 is 1.09 bits per heavy atom. The van der Waals surface area contributed by atoms with Crippen molar-refractivity contribution in [2.75, 3.05) is 0 Å². The Kier molecular flexibility index (Phi) is 4.33. The van der Waals surface area contributed by atoms with Gasteiger partial charge in [-0.2, -0.15) is 0 Å². The van der Waals surface area contributed by atoms with E-state index >= 15 is 0 Å². The molecule has 0 bridgehead atoms. The number of hydrogen-bond donors (Lipinski definition) is 0. The molecule has 0 heterocycles. The van der Waals surface area contributed by atoms with Gasteiger partial charge in [0.25, 0.3) is 0 Å². The Labute approximate surface area is 138 Å². The van der Waals surface area contributed by atoms with Crippen LogP contribution in [0.5, 0.6) is 0 Å². The van der Waals surface area contributed by atoms with Gasteiger partial charge in [0.2, 0.25) is 0 Å². The minimum absolute atomic E-state index is 0.693. The van der Waals surface area contributed by atoms with E-state index < -0.39 is 0 Å². The molecule has 0 radical (unpaired) electrons. The van der Waals surface area contributed by atoms with Crippen LogP contribution in [0.2, 0.25) is 0 Å². The molecule has 5 atom stereocenters. The summed E-state index contributed by atoms with van der Waals surface area (Å²) in [5, 5.41) is 0. The summed E-state index contributed by atoms with van der Waals surface area (Å²) in [4.78, 5) is 0. The molecule has 4 rings (SSSR count). The molecule has 4 fully saturated rings. The lowest BCUT2D eigenvalue weighted by atomic mass is 9.56. The van der Waals surface area contributed by atoms with E-state index in [2.05, 4.69) is 13.8 Å². The van der Waals surface area contributed by atoms with Crippen LogP contribution in [0, 0.1) is 40.9 Å². The fraction of sp³-hybridized carbons (Fsp3) is 1.00. The van der Waals surface area contributed by atoms with Gasteiger partial charge >= 0.3 is 0 Å². The van der Waals surface area contributed by atoms with Crippen LogP contribution in [0.4, 0.5) is 0 Å². The van der Waals surface area contributed by atoms with E-state index in [-0.39, 0.29) is 0 Å². The van der Waals surface area contributed by atoms with Crippen LogP contribution in [0.25, 0.3) is 0 Å². The normalized spacial score (nSPS) is 47.7. The second-order valence-corrected chi connectivity index (χ2v) is 9.66. The predicted octanol–water partition coefficient (Wildman–Crippen LogP) is 6.84. The molecule has 0 aliphatic heterocycles. The Morgan fingerprint density at radius 1 is 0.636 bits per heavy atom. The standard InChI is InChI=1S/C22H38/c1-16(17-10-4-3-5-11-17)22(2)20-14-8-6-12-18(20)19-13-7-9-15-21(19)22/h16-21H,3-15H2,1-2H3. The lowest BCUT2D eigenvalue weighted by molar-refractivity contribution is -0.000712. The molecule has 0 heteroatoms. The largest absolute Gasteiger partial charge is 0.0617 e. The maximum atomic E-state index is 2.78. The first kappa shape index (κ1) is 15.5. The molecule has 4 aliphatic carbocycles. The number of fused-ring (bicyclic) bond motifs is 3. The maximum absolute atomic E-state index is 2.78. The Bertz CT molecular complexity index is 355. The second kappa shape index (κ2) is 6.14. The third-order valence-electron chi connectivity index (χ3n) is 9.12. The average Bonchev–Trinajstić information content (AvgIpc) is 2.86. The fourth-order valence-corrected chi connectivity index (χ4v) is 7.98. The second-order valence-electron chi connectivity index (χ2n) is 9.66. The monoisotopic (exact) mass is 302 g/mol. The van der Waals surface area contributed by atoms with E-state index in [9.17, 15) is 0 Å². The third-order valence-corrected chi connectivity index (χ3v) is 9.12. The van der Waals surface area contributed by atoms with Crippen LogP contribution in [-0.2, 0) is 0 Å². The summed E-state index contributed by atoms with van der Waals surface area (Å²) in [6.45, 7) is 5.48. The zero-order chi connectivity index (χ0) is 15.2. The first-order valence-electron chi connectivity index (χ1n) is 10.7. The maximum Gasteiger partial charge on any atom is -0.0235 e. The van der Waals surface area contributed by atoms with E-state index in [1.807, 2.05) is 0 Å². The SMILES string of the molecule is CC(C1CCCCC1)C1(C)C2CCCCC2C2CCCCC21. The van der Waals surface area contributed by atoms with Gasteiger partial charge in [0.1, 0.15) is 0 Å². The number of rotatable bonds is 2. The highest BCUT2D eigenvalue weighted by Gasteiger charge is 2.60. The molecule has 0 amide bonds. The Morgan fingerprint density at radius 3 is 1.64 bits per heavy atom. The summed E-state index contributed by atoms with van der Waals surface area (Å²) in [5.74, 6) is 6.47. The third kappa shape index (κ3) is 2.30. The van der Waals surface area contributed by atoms with Gasteiger partial charge in [-0.1, -0.05) is 71.6 Å². The summed E-state index contributed by atoms with van der Waals surface area (Å²) >= 11 is 0. The molecule has 22 heavy (non-hydrogen) atoms. The molecular formula is C22H38. The Balaban J connectivity index is 1.63. The van der Waals surface area contributed by atoms with Crippen molar-refractivity contribution in [1.82, 2.24) is 0 Å². The van der Waals surface area contributed by atoms with Gasteiger partial charge in [0.05, 0.1) is 0 Å². The molecular weight excluding hydrogens is 264 g/mol. The van der Waals surface area contributed by atoms with Crippen LogP contribution in [-0.4, -0.2) is 0 Å². The molecule has 0 aromatic rings. The van der Waals surface area contributed by atoms with E-state index in [0.717, 1.165) is 35.5 Å². The lowest BCUT2D eigenvalue weighted by Gasteiger charge is -2.49. The molecule has 0 spiro atoms. The van der Waals surface area contributed by atoms with Gasteiger partial charge < -0.3 is 0 Å². The van der Waals surface area contributed by atoms with E-state index in [1.54, 1.807) is 38.5 Å². The van der Waals surface area contributed by atoms with E-state index in [0.29, 0.717) is 5.41 Å². The van der Waals surface area contributed by atoms with Gasteiger partial charge in [0, 0.05) is 0 Å². The smallest absolute Gasteiger partial charge is 0.0235 e. The van der Waals surface area contributed by atoms with E-state index in [1.165, 1.54) is 44.9 Å². The highest BCUT2D eigenvalue weighted by atomic mass is 14.6. The minimum Gasteiger partial charge on any atom is -0.0617 e. The first-order valence-corrected chi connectivity index (χ1v) is 10.7. The molecule has 0 aromatic carbocycles. The zero-order valence-electron chi connectivity index (χ0n) is 15.2. The van der Waals surface area contributed by atoms with Crippen molar-refractivity contribution < 1.29 is 0 Å². The highest BCUT2D eigenvalue weighted by molar-refractivity contribution is 5.08. The average molecular weight is 303 g/mol. The number of hydrogen-bond acceptors (Lipinski definition) is 0. The van der Waals surface area contributed by atoms with Gasteiger partial charge in [-0.15, -0.1) is 0 Å². The molecule has 126 valence electrons. The molecule has 0 nitrogen and oxygen atoms in total. The molecule has 5 unspecified atom stereocenters. The van der Waals surface area contributed by atoms with Gasteiger partial charge in [-0.05, 0) is 66.6 Å². The topological polar surface area (TPSA) is 0 Å². The minimum atomic E-state index is 0.693. The highest BCUT2D eigenvalue weighted by Crippen LogP contribution is 2.67. The van der Waals surface area contributed by atoms with Crippen molar-refractivity contribution in [2.45, 2.75) is 97.3 Å². The summed E-state index contributed by atoms with van der Waals surface area (Å²) in [5.41, 5.74) is 0.693. The molecule has 0 saturated heterocycles. The quantitative estimate of drug-likeness (QED) is 0.524. The van der Waals surface area contributed by atoms with Gasteiger partial charge in [-0.25, -0.2) is 0 Å². The van der Waals surface area contributed by atoms with Crippen molar-refractivity contribution in [3.8, 4) is 0 Å². The zero-order valence-corrected chi connectivity index (χ0v) is 15.2. The fourth-order valence-electron chi connectivity index (χ4n) is 7.98. The predicted molar refractivity (Wildman–Crippen MR) is 94.7 cm³/mol. The molecule has 4 aliphatic rings. The molecule has 4 saturated carbocycles. The van der Waals surface area contributed by atoms with Gasteiger partial charge in [0.15, 0.2) is 0 Å². The summed E-state index contributed by atoms with van der Waals surface area (Å²) in [6.07, 6.45) is 20.1. The van der Waals surface area contributed by atoms with E-state index in [4.69, 9.17) is 0 Å². The van der Waals surface area contributed by atoms with Crippen molar-refractivity contribution in [2.24, 2.45) is 40.9 Å². The van der Waals surface area contributed by atoms with Crippen LogP contribution in [0.15, 0.2) is 0 Å². The molecule has 0 N–H and O–H groups in total. The lowest BCUT2D eigenvalue weighted by Crippen LogP contribution is -2.42. The van der Waals surface area contributed by atoms with Crippen molar-refractivity contribution in [3.05, 3.63) is 0 Å². The van der Waals surface area contributed by atoms with Crippen molar-refractivity contribution in [1.29, 1.82) is 0 Å². The van der Waals surface area contributed by atoms with Crippen LogP contribution >= 0.6 is 0 Å². The van der Waals surface area contributed by atoms with Crippen LogP contribution < -0.4 is 0 Å². The van der Waals surface area contributed by atoms with Crippen molar-refractivity contribution >= 4 is 0 Å². The van der Waals surface area contributed by atoms with Crippen LogP contribution in [0.1, 0.15) is 97.3 Å².